The van der Waals surface area contributed by atoms with Crippen molar-refractivity contribution in [1.29, 1.82) is 0 Å². The number of rotatable bonds is 5. The Bertz CT molecular complexity index is 1110. The van der Waals surface area contributed by atoms with Gasteiger partial charge in [0, 0.05) is 17.8 Å². The van der Waals surface area contributed by atoms with Gasteiger partial charge < -0.3 is 0 Å². The molecule has 2 aromatic rings. The molecule has 3 rings (SSSR count). The predicted molar refractivity (Wildman–Crippen MR) is 109 cm³/mol. The lowest BCUT2D eigenvalue weighted by Gasteiger charge is -2.28. The van der Waals surface area contributed by atoms with Gasteiger partial charge in [-0.25, -0.2) is 16.8 Å². The lowest BCUT2D eigenvalue weighted by atomic mass is 10.1. The number of hydrogen-bond acceptors (Lipinski definition) is 5. The quantitative estimate of drug-likeness (QED) is 0.747. The van der Waals surface area contributed by atoms with Crippen molar-refractivity contribution in [2.24, 2.45) is 0 Å². The highest BCUT2D eigenvalue weighted by Crippen LogP contribution is 2.29. The average molecular weight is 423 g/mol. The summed E-state index contributed by atoms with van der Waals surface area (Å²) in [4.78, 5) is 11.4. The van der Waals surface area contributed by atoms with Gasteiger partial charge in [0.2, 0.25) is 10.0 Å². The van der Waals surface area contributed by atoms with E-state index in [1.165, 1.54) is 29.4 Å². The van der Waals surface area contributed by atoms with E-state index in [-0.39, 0.29) is 16.4 Å². The van der Waals surface area contributed by atoms with Crippen LogP contribution in [0.1, 0.15) is 35.7 Å². The summed E-state index contributed by atoms with van der Waals surface area (Å²) in [7, 11) is -7.37. The normalized spacial score (nSPS) is 16.6. The van der Waals surface area contributed by atoms with Crippen LogP contribution in [0.4, 0.5) is 11.4 Å². The summed E-state index contributed by atoms with van der Waals surface area (Å²) in [6.45, 7) is 3.43. The average Bonchev–Trinajstić information content (AvgIpc) is 2.62. The van der Waals surface area contributed by atoms with Gasteiger partial charge in [-0.05, 0) is 68.7 Å². The van der Waals surface area contributed by atoms with E-state index in [0.717, 1.165) is 6.42 Å². The Labute approximate surface area is 165 Å². The zero-order valence-electron chi connectivity index (χ0n) is 15.7. The monoisotopic (exact) mass is 422 g/mol. The molecule has 0 bridgehead atoms. The topological polar surface area (TPSA) is 101 Å². The van der Waals surface area contributed by atoms with Crippen LogP contribution < -0.4 is 9.03 Å². The lowest BCUT2D eigenvalue weighted by molar-refractivity contribution is 0.101. The third-order valence-corrected chi connectivity index (χ3v) is 8.03. The second kappa shape index (κ2) is 7.56. The highest BCUT2D eigenvalue weighted by atomic mass is 32.2. The van der Waals surface area contributed by atoms with Crippen LogP contribution in [0.2, 0.25) is 0 Å². The van der Waals surface area contributed by atoms with Crippen molar-refractivity contribution in [3.63, 3.8) is 0 Å². The molecule has 1 heterocycles. The van der Waals surface area contributed by atoms with E-state index in [1.807, 2.05) is 0 Å². The number of benzene rings is 2. The molecule has 1 N–H and O–H groups in total. The van der Waals surface area contributed by atoms with Gasteiger partial charge in [0.05, 0.1) is 16.3 Å². The van der Waals surface area contributed by atoms with Crippen LogP contribution in [0.25, 0.3) is 0 Å². The number of ketones is 1. The van der Waals surface area contributed by atoms with Crippen molar-refractivity contribution in [2.75, 3.05) is 21.3 Å². The van der Waals surface area contributed by atoms with Crippen LogP contribution in [0.3, 0.4) is 0 Å². The molecule has 0 amide bonds. The summed E-state index contributed by atoms with van der Waals surface area (Å²) >= 11 is 0. The summed E-state index contributed by atoms with van der Waals surface area (Å²) in [5.41, 5.74) is 1.65. The minimum atomic E-state index is -3.93. The van der Waals surface area contributed by atoms with Crippen LogP contribution in [0, 0.1) is 6.92 Å². The summed E-state index contributed by atoms with van der Waals surface area (Å²) in [5.74, 6) is -0.0512. The number of carbonyl (C=O) groups excluding carboxylic acids is 1. The zero-order chi connectivity index (χ0) is 20.5. The Morgan fingerprint density at radius 3 is 2.36 bits per heavy atom. The Balaban J connectivity index is 1.94. The number of sulfonamides is 2. The van der Waals surface area contributed by atoms with Gasteiger partial charge in [0.25, 0.3) is 10.0 Å². The van der Waals surface area contributed by atoms with Gasteiger partial charge >= 0.3 is 0 Å². The SMILES string of the molecule is CC(=O)c1ccc(NS(=O)(=O)c2cc(N3CCCCS3(=O)=O)ccc2C)cc1. The van der Waals surface area contributed by atoms with Crippen molar-refractivity contribution >= 4 is 37.2 Å². The number of nitrogens with one attached hydrogen (secondary N) is 1. The largest absolute Gasteiger partial charge is 0.295 e. The van der Waals surface area contributed by atoms with Crippen LogP contribution in [-0.2, 0) is 20.0 Å². The van der Waals surface area contributed by atoms with Crippen molar-refractivity contribution in [3.05, 3.63) is 53.6 Å². The van der Waals surface area contributed by atoms with Crippen molar-refractivity contribution in [3.8, 4) is 0 Å². The maximum atomic E-state index is 12.9. The molecule has 1 fully saturated rings. The van der Waals surface area contributed by atoms with Gasteiger partial charge in [-0.1, -0.05) is 6.07 Å². The highest BCUT2D eigenvalue weighted by Gasteiger charge is 2.27. The summed E-state index contributed by atoms with van der Waals surface area (Å²) in [6.07, 6.45) is 1.34. The smallest absolute Gasteiger partial charge is 0.262 e. The fourth-order valence-electron chi connectivity index (χ4n) is 3.10. The molecule has 0 atom stereocenters. The minimum Gasteiger partial charge on any atom is -0.295 e. The Morgan fingerprint density at radius 2 is 1.75 bits per heavy atom. The zero-order valence-corrected chi connectivity index (χ0v) is 17.3. The van der Waals surface area contributed by atoms with Gasteiger partial charge in [-0.3, -0.25) is 13.8 Å². The van der Waals surface area contributed by atoms with Gasteiger partial charge in [-0.2, -0.15) is 0 Å². The molecule has 1 aliphatic heterocycles. The molecule has 0 radical (unpaired) electrons. The van der Waals surface area contributed by atoms with Crippen LogP contribution >= 0.6 is 0 Å². The standard InChI is InChI=1S/C19H22N2O5S2/c1-14-5-10-18(21-11-3-4-12-27(21,23)24)13-19(14)28(25,26)20-17-8-6-16(7-9-17)15(2)22/h5-10,13,20H,3-4,11-12H2,1-2H3. The van der Waals surface area contributed by atoms with Gasteiger partial charge in [0.1, 0.15) is 0 Å². The minimum absolute atomic E-state index is 0.0152. The number of aryl methyl sites for hydroxylation is 1. The third kappa shape index (κ3) is 4.20. The molecule has 9 heteroatoms. The maximum absolute atomic E-state index is 12.9. The van der Waals surface area contributed by atoms with Gasteiger partial charge in [-0.15, -0.1) is 0 Å². The van der Waals surface area contributed by atoms with E-state index < -0.39 is 20.0 Å². The molecule has 1 aliphatic rings. The summed E-state index contributed by atoms with van der Waals surface area (Å²) in [5, 5.41) is 0. The first-order chi connectivity index (χ1) is 13.1. The molecule has 2 aromatic carbocycles. The number of nitrogens with zero attached hydrogens (tertiary/aromatic N) is 1. The number of Topliss-reactive ketones (excluding diaryl/α,β-unsaturated/α-hetero) is 1. The number of carbonyl (C=O) groups is 1. The molecule has 7 nitrogen and oxygen atoms in total. The summed E-state index contributed by atoms with van der Waals surface area (Å²) in [6, 6.07) is 10.7. The van der Waals surface area contributed by atoms with E-state index >= 15 is 0 Å². The van der Waals surface area contributed by atoms with Crippen molar-refractivity contribution < 1.29 is 21.6 Å². The maximum Gasteiger partial charge on any atom is 0.262 e. The van der Waals surface area contributed by atoms with Crippen molar-refractivity contribution in [2.45, 2.75) is 31.6 Å². The molecule has 0 aromatic heterocycles. The second-order valence-electron chi connectivity index (χ2n) is 6.78. The van der Waals surface area contributed by atoms with Crippen LogP contribution in [-0.4, -0.2) is 34.9 Å². The highest BCUT2D eigenvalue weighted by molar-refractivity contribution is 7.93. The second-order valence-corrected chi connectivity index (χ2v) is 10.4. The Kier molecular flexibility index (Phi) is 5.49. The van der Waals surface area contributed by atoms with E-state index in [0.29, 0.717) is 35.5 Å². The molecule has 0 aliphatic carbocycles. The fourth-order valence-corrected chi connectivity index (χ4v) is 6.05. The van der Waals surface area contributed by atoms with E-state index in [9.17, 15) is 21.6 Å². The molecule has 0 unspecified atom stereocenters. The van der Waals surface area contributed by atoms with Gasteiger partial charge in [0.15, 0.2) is 5.78 Å². The van der Waals surface area contributed by atoms with Crippen LogP contribution in [0.5, 0.6) is 0 Å². The Hall–Kier alpha value is -2.39. The first kappa shape index (κ1) is 20.3. The first-order valence-electron chi connectivity index (χ1n) is 8.85. The summed E-state index contributed by atoms with van der Waals surface area (Å²) < 4.78 is 54.2. The first-order valence-corrected chi connectivity index (χ1v) is 11.9. The van der Waals surface area contributed by atoms with E-state index in [2.05, 4.69) is 4.72 Å². The molecule has 0 spiro atoms. The third-order valence-electron chi connectivity index (χ3n) is 4.64. The number of anilines is 2. The number of hydrogen-bond donors (Lipinski definition) is 1. The molecule has 28 heavy (non-hydrogen) atoms. The lowest BCUT2D eigenvalue weighted by Crippen LogP contribution is -2.38. The molecular formula is C19H22N2O5S2. The molecular weight excluding hydrogens is 400 g/mol. The Morgan fingerprint density at radius 1 is 1.07 bits per heavy atom. The van der Waals surface area contributed by atoms with E-state index in [4.69, 9.17) is 0 Å². The van der Waals surface area contributed by atoms with E-state index in [1.54, 1.807) is 31.2 Å². The van der Waals surface area contributed by atoms with Crippen LogP contribution in [0.15, 0.2) is 47.4 Å². The molecule has 150 valence electrons. The molecule has 0 saturated carbocycles. The molecule has 1 saturated heterocycles. The fraction of sp³-hybridized carbons (Fsp3) is 0.316. The predicted octanol–water partition coefficient (Wildman–Crippen LogP) is 2.93. The van der Waals surface area contributed by atoms with Crippen molar-refractivity contribution in [1.82, 2.24) is 0 Å².